The van der Waals surface area contributed by atoms with Crippen LogP contribution < -0.4 is 5.32 Å². The molecule has 1 unspecified atom stereocenters. The average Bonchev–Trinajstić information content (AvgIpc) is 2.51. The summed E-state index contributed by atoms with van der Waals surface area (Å²) in [4.78, 5) is 23.9. The molecule has 2 rings (SSSR count). The van der Waals surface area contributed by atoms with Crippen molar-refractivity contribution >= 4 is 29.1 Å². The highest BCUT2D eigenvalue weighted by atomic mass is 35.5. The number of nitrogens with zero attached hydrogens (tertiary/aromatic N) is 1. The van der Waals surface area contributed by atoms with Crippen molar-refractivity contribution in [2.75, 3.05) is 12.4 Å². The lowest BCUT2D eigenvalue weighted by Gasteiger charge is -2.14. The minimum absolute atomic E-state index is 0.0809. The first kappa shape index (κ1) is 12.8. The Morgan fingerprint density at radius 2 is 2.06 bits per heavy atom. The monoisotopic (exact) mass is 274 g/mol. The van der Waals surface area contributed by atoms with E-state index in [9.17, 15) is 18.4 Å². The fourth-order valence-electron chi connectivity index (χ4n) is 1.72. The molecule has 0 saturated carbocycles. The molecule has 1 aliphatic heterocycles. The van der Waals surface area contributed by atoms with Crippen LogP contribution in [0.4, 0.5) is 14.5 Å². The van der Waals surface area contributed by atoms with Gasteiger partial charge in [-0.3, -0.25) is 14.5 Å². The van der Waals surface area contributed by atoms with Gasteiger partial charge in [-0.2, -0.15) is 0 Å². The summed E-state index contributed by atoms with van der Waals surface area (Å²) in [5.41, 5.74) is -0.181. The highest BCUT2D eigenvalue weighted by Crippen LogP contribution is 2.28. The van der Waals surface area contributed by atoms with Gasteiger partial charge in [0.2, 0.25) is 5.91 Å². The van der Waals surface area contributed by atoms with Crippen LogP contribution in [0, 0.1) is 11.6 Å². The Hall–Kier alpha value is -1.69. The van der Waals surface area contributed by atoms with Crippen LogP contribution in [0.5, 0.6) is 0 Å². The number of carbonyl (C=O) groups excluding carboxylic acids is 2. The highest BCUT2D eigenvalue weighted by molar-refractivity contribution is 6.33. The Morgan fingerprint density at radius 1 is 1.39 bits per heavy atom. The second kappa shape index (κ2) is 4.53. The Labute approximate surface area is 107 Å². The van der Waals surface area contributed by atoms with Gasteiger partial charge in [0.25, 0.3) is 5.91 Å². The number of hydrogen-bond acceptors (Lipinski definition) is 3. The quantitative estimate of drug-likeness (QED) is 0.837. The summed E-state index contributed by atoms with van der Waals surface area (Å²) in [7, 11) is 1.34. The van der Waals surface area contributed by atoms with Gasteiger partial charge in [-0.25, -0.2) is 8.78 Å². The summed E-state index contributed by atoms with van der Waals surface area (Å²) in [6.45, 7) is 0. The first-order chi connectivity index (χ1) is 8.40. The van der Waals surface area contributed by atoms with Crippen LogP contribution in [-0.4, -0.2) is 29.8 Å². The number of amides is 2. The molecule has 18 heavy (non-hydrogen) atoms. The Morgan fingerprint density at radius 3 is 2.56 bits per heavy atom. The van der Waals surface area contributed by atoms with Gasteiger partial charge < -0.3 is 5.32 Å². The lowest BCUT2D eigenvalue weighted by atomic mass is 10.2. The molecule has 7 heteroatoms. The minimum Gasteiger partial charge on any atom is -0.370 e. The first-order valence-corrected chi connectivity index (χ1v) is 5.49. The van der Waals surface area contributed by atoms with Crippen LogP contribution >= 0.6 is 11.6 Å². The predicted molar refractivity (Wildman–Crippen MR) is 61.2 cm³/mol. The van der Waals surface area contributed by atoms with Gasteiger partial charge in [-0.05, 0) is 6.07 Å². The highest BCUT2D eigenvalue weighted by Gasteiger charge is 2.36. The van der Waals surface area contributed by atoms with E-state index in [1.165, 1.54) is 7.05 Å². The standard InChI is InChI=1S/C11H9ClF2N2O2/c1-16-9(17)4-8(11(16)18)15-10-6(12)2-5(13)3-7(10)14/h2-3,8,15H,4H2,1H3. The van der Waals surface area contributed by atoms with Crippen molar-refractivity contribution in [3.63, 3.8) is 0 Å². The fourth-order valence-corrected chi connectivity index (χ4v) is 1.97. The average molecular weight is 275 g/mol. The molecule has 1 aromatic rings. The number of halogens is 3. The maximum Gasteiger partial charge on any atom is 0.251 e. The molecule has 2 amide bonds. The second-order valence-corrected chi connectivity index (χ2v) is 4.34. The molecule has 0 aromatic heterocycles. The van der Waals surface area contributed by atoms with E-state index in [1.54, 1.807) is 0 Å². The third kappa shape index (κ3) is 2.15. The van der Waals surface area contributed by atoms with E-state index < -0.39 is 23.6 Å². The van der Waals surface area contributed by atoms with E-state index in [2.05, 4.69) is 5.32 Å². The molecule has 0 radical (unpaired) electrons. The van der Waals surface area contributed by atoms with E-state index in [0.29, 0.717) is 6.07 Å². The molecule has 1 atom stereocenters. The van der Waals surface area contributed by atoms with Gasteiger partial charge in [0.1, 0.15) is 11.9 Å². The van der Waals surface area contributed by atoms with Crippen molar-refractivity contribution in [1.82, 2.24) is 4.90 Å². The van der Waals surface area contributed by atoms with Crippen molar-refractivity contribution < 1.29 is 18.4 Å². The largest absolute Gasteiger partial charge is 0.370 e. The van der Waals surface area contributed by atoms with Crippen molar-refractivity contribution in [2.24, 2.45) is 0 Å². The minimum atomic E-state index is -0.908. The van der Waals surface area contributed by atoms with Crippen LogP contribution in [0.25, 0.3) is 0 Å². The number of imide groups is 1. The van der Waals surface area contributed by atoms with Gasteiger partial charge in [-0.15, -0.1) is 0 Å². The molecule has 1 N–H and O–H groups in total. The maximum absolute atomic E-state index is 13.5. The Balaban J connectivity index is 2.26. The smallest absolute Gasteiger partial charge is 0.251 e. The number of likely N-dealkylation sites (tertiary alicyclic amines) is 1. The van der Waals surface area contributed by atoms with Crippen molar-refractivity contribution in [2.45, 2.75) is 12.5 Å². The van der Waals surface area contributed by atoms with Crippen molar-refractivity contribution in [3.05, 3.63) is 28.8 Å². The van der Waals surface area contributed by atoms with E-state index in [0.717, 1.165) is 11.0 Å². The zero-order valence-electron chi connectivity index (χ0n) is 9.34. The molecule has 1 heterocycles. The lowest BCUT2D eigenvalue weighted by molar-refractivity contribution is -0.136. The summed E-state index contributed by atoms with van der Waals surface area (Å²) in [5, 5.41) is 2.35. The molecule has 1 fully saturated rings. The molecule has 0 bridgehead atoms. The number of hydrogen-bond donors (Lipinski definition) is 1. The molecule has 0 aliphatic carbocycles. The number of benzene rings is 1. The number of anilines is 1. The SMILES string of the molecule is CN1C(=O)CC(Nc2c(F)cc(F)cc2Cl)C1=O. The van der Waals surface area contributed by atoms with Crippen LogP contribution in [-0.2, 0) is 9.59 Å². The van der Waals surface area contributed by atoms with Crippen LogP contribution in [0.3, 0.4) is 0 Å². The molecular weight excluding hydrogens is 266 g/mol. The Bertz CT molecular complexity index is 513. The zero-order chi connectivity index (χ0) is 13.4. The predicted octanol–water partition coefficient (Wildman–Crippen LogP) is 1.79. The third-order valence-corrected chi connectivity index (χ3v) is 3.01. The molecule has 0 spiro atoms. The first-order valence-electron chi connectivity index (χ1n) is 5.11. The van der Waals surface area contributed by atoms with Gasteiger partial charge in [0.15, 0.2) is 5.82 Å². The van der Waals surface area contributed by atoms with E-state index >= 15 is 0 Å². The zero-order valence-corrected chi connectivity index (χ0v) is 10.1. The molecule has 1 aromatic carbocycles. The summed E-state index contributed by atoms with van der Waals surface area (Å²) in [5.74, 6) is -2.56. The number of nitrogens with one attached hydrogen (secondary N) is 1. The maximum atomic E-state index is 13.5. The van der Waals surface area contributed by atoms with Gasteiger partial charge in [0.05, 0.1) is 17.1 Å². The normalized spacial score (nSPS) is 19.6. The third-order valence-electron chi connectivity index (χ3n) is 2.71. The summed E-state index contributed by atoms with van der Waals surface area (Å²) < 4.78 is 26.3. The fraction of sp³-hybridized carbons (Fsp3) is 0.273. The molecule has 4 nitrogen and oxygen atoms in total. The van der Waals surface area contributed by atoms with Crippen LogP contribution in [0.2, 0.25) is 5.02 Å². The number of rotatable bonds is 2. The topological polar surface area (TPSA) is 49.4 Å². The van der Waals surface area contributed by atoms with Crippen LogP contribution in [0.1, 0.15) is 6.42 Å². The van der Waals surface area contributed by atoms with Gasteiger partial charge in [0, 0.05) is 13.1 Å². The van der Waals surface area contributed by atoms with E-state index in [4.69, 9.17) is 11.6 Å². The van der Waals surface area contributed by atoms with E-state index in [-0.39, 0.29) is 23.0 Å². The summed E-state index contributed by atoms with van der Waals surface area (Å²) in [6, 6.07) is 0.705. The van der Waals surface area contributed by atoms with E-state index in [1.807, 2.05) is 0 Å². The van der Waals surface area contributed by atoms with Gasteiger partial charge >= 0.3 is 0 Å². The van der Waals surface area contributed by atoms with Crippen molar-refractivity contribution in [1.29, 1.82) is 0 Å². The van der Waals surface area contributed by atoms with Gasteiger partial charge in [-0.1, -0.05) is 11.6 Å². The summed E-state index contributed by atoms with van der Waals surface area (Å²) >= 11 is 5.68. The lowest BCUT2D eigenvalue weighted by Crippen LogP contribution is -2.32. The molecule has 1 saturated heterocycles. The van der Waals surface area contributed by atoms with Crippen LogP contribution in [0.15, 0.2) is 12.1 Å². The summed E-state index contributed by atoms with van der Waals surface area (Å²) in [6.07, 6.45) is -0.0809. The second-order valence-electron chi connectivity index (χ2n) is 3.94. The molecule has 1 aliphatic rings. The van der Waals surface area contributed by atoms with Crippen molar-refractivity contribution in [3.8, 4) is 0 Å². The molecular formula is C11H9ClF2N2O2. The Kier molecular flexibility index (Phi) is 3.21. The number of carbonyl (C=O) groups is 2. The molecule has 96 valence electrons. The number of likely N-dealkylation sites (N-methyl/N-ethyl adjacent to an activating group) is 1.